The first-order valence-corrected chi connectivity index (χ1v) is 6.96. The molecular formula is C11H14ClN5S. The van der Waals surface area contributed by atoms with Gasteiger partial charge >= 0.3 is 0 Å². The van der Waals surface area contributed by atoms with Gasteiger partial charge in [0.15, 0.2) is 5.16 Å². The fourth-order valence-electron chi connectivity index (χ4n) is 1.57. The Morgan fingerprint density at radius 3 is 2.94 bits per heavy atom. The lowest BCUT2D eigenvalue weighted by Gasteiger charge is -2.05. The molecule has 2 rings (SSSR count). The van der Waals surface area contributed by atoms with Crippen LogP contribution in [-0.4, -0.2) is 19.7 Å². The number of rotatable bonds is 5. The van der Waals surface area contributed by atoms with Crippen molar-refractivity contribution in [2.75, 3.05) is 0 Å². The number of thioether (sulfide) groups is 1. The van der Waals surface area contributed by atoms with E-state index in [1.165, 1.54) is 0 Å². The Morgan fingerprint density at radius 1 is 1.44 bits per heavy atom. The molecule has 0 unspecified atom stereocenters. The Kier molecular flexibility index (Phi) is 4.57. The van der Waals surface area contributed by atoms with Crippen LogP contribution in [0.1, 0.15) is 18.3 Å². The van der Waals surface area contributed by atoms with Gasteiger partial charge in [-0.1, -0.05) is 23.4 Å². The smallest absolute Gasteiger partial charge is 0.191 e. The fourth-order valence-corrected chi connectivity index (χ4v) is 2.74. The van der Waals surface area contributed by atoms with E-state index in [4.69, 9.17) is 17.3 Å². The monoisotopic (exact) mass is 283 g/mol. The van der Waals surface area contributed by atoms with Gasteiger partial charge in [-0.25, -0.2) is 4.98 Å². The van der Waals surface area contributed by atoms with E-state index in [-0.39, 0.29) is 0 Å². The third-order valence-corrected chi connectivity index (χ3v) is 3.70. The molecule has 0 bridgehead atoms. The number of nitrogens with zero attached hydrogens (tertiary/aromatic N) is 4. The van der Waals surface area contributed by atoms with Crippen molar-refractivity contribution >= 4 is 23.4 Å². The van der Waals surface area contributed by atoms with Crippen LogP contribution in [0.3, 0.4) is 0 Å². The lowest BCUT2D eigenvalue weighted by atomic mass is 10.3. The summed E-state index contributed by atoms with van der Waals surface area (Å²) in [5.41, 5.74) is 6.72. The molecule has 0 aliphatic heterocycles. The highest BCUT2D eigenvalue weighted by molar-refractivity contribution is 7.98. The second-order valence-corrected chi connectivity index (χ2v) is 4.95. The molecule has 2 aromatic rings. The lowest BCUT2D eigenvalue weighted by molar-refractivity contribution is 0.643. The molecule has 0 radical (unpaired) electrons. The van der Waals surface area contributed by atoms with E-state index >= 15 is 0 Å². The Morgan fingerprint density at radius 2 is 2.28 bits per heavy atom. The van der Waals surface area contributed by atoms with E-state index in [0.29, 0.717) is 11.7 Å². The van der Waals surface area contributed by atoms with Gasteiger partial charge in [-0.3, -0.25) is 0 Å². The average Bonchev–Trinajstić information content (AvgIpc) is 2.78. The maximum atomic E-state index is 5.84. The molecule has 0 aliphatic carbocycles. The first-order valence-electron chi connectivity index (χ1n) is 5.60. The molecule has 5 nitrogen and oxygen atoms in total. The standard InChI is InChI=1S/C11H14ClN5S/c1-2-17-10(6-13)15-16-11(17)18-7-8-3-4-14-9(12)5-8/h3-5H,2,6-7,13H2,1H3. The number of pyridine rings is 1. The summed E-state index contributed by atoms with van der Waals surface area (Å²) >= 11 is 7.46. The van der Waals surface area contributed by atoms with Crippen LogP contribution in [0.15, 0.2) is 23.5 Å². The van der Waals surface area contributed by atoms with Crippen molar-refractivity contribution in [1.82, 2.24) is 19.7 Å². The zero-order chi connectivity index (χ0) is 13.0. The maximum Gasteiger partial charge on any atom is 0.191 e. The summed E-state index contributed by atoms with van der Waals surface area (Å²) in [6.07, 6.45) is 1.70. The SMILES string of the molecule is CCn1c(CN)nnc1SCc1ccnc(Cl)c1. The number of hydrogen-bond acceptors (Lipinski definition) is 5. The van der Waals surface area contributed by atoms with Crippen LogP contribution in [0.25, 0.3) is 0 Å². The van der Waals surface area contributed by atoms with E-state index in [2.05, 4.69) is 22.1 Å². The molecule has 0 spiro atoms. The predicted octanol–water partition coefficient (Wildman–Crippen LogP) is 2.10. The Hall–Kier alpha value is -1.11. The van der Waals surface area contributed by atoms with Gasteiger partial charge in [-0.15, -0.1) is 10.2 Å². The largest absolute Gasteiger partial charge is 0.324 e. The molecule has 7 heteroatoms. The molecule has 96 valence electrons. The normalized spacial score (nSPS) is 10.8. The molecular weight excluding hydrogens is 270 g/mol. The summed E-state index contributed by atoms with van der Waals surface area (Å²) in [6, 6.07) is 3.79. The van der Waals surface area contributed by atoms with Crippen LogP contribution >= 0.6 is 23.4 Å². The molecule has 0 saturated carbocycles. The third-order valence-electron chi connectivity index (χ3n) is 2.45. The van der Waals surface area contributed by atoms with Gasteiger partial charge in [0.05, 0.1) is 6.54 Å². The minimum absolute atomic E-state index is 0.405. The van der Waals surface area contributed by atoms with E-state index in [0.717, 1.165) is 28.8 Å². The van der Waals surface area contributed by atoms with E-state index < -0.39 is 0 Å². The van der Waals surface area contributed by atoms with Crippen LogP contribution in [-0.2, 0) is 18.8 Å². The van der Waals surface area contributed by atoms with Gasteiger partial charge < -0.3 is 10.3 Å². The molecule has 0 aliphatic rings. The number of nitrogens with two attached hydrogens (primary N) is 1. The molecule has 0 amide bonds. The number of halogens is 1. The van der Waals surface area contributed by atoms with Crippen molar-refractivity contribution in [3.8, 4) is 0 Å². The van der Waals surface area contributed by atoms with Crippen LogP contribution in [0.5, 0.6) is 0 Å². The quantitative estimate of drug-likeness (QED) is 0.672. The molecule has 2 aromatic heterocycles. The highest BCUT2D eigenvalue weighted by atomic mass is 35.5. The zero-order valence-corrected chi connectivity index (χ0v) is 11.6. The second-order valence-electron chi connectivity index (χ2n) is 3.62. The molecule has 0 aromatic carbocycles. The minimum Gasteiger partial charge on any atom is -0.324 e. The van der Waals surface area contributed by atoms with Crippen LogP contribution in [0.2, 0.25) is 5.15 Å². The summed E-state index contributed by atoms with van der Waals surface area (Å²) < 4.78 is 2.02. The van der Waals surface area contributed by atoms with Crippen molar-refractivity contribution in [1.29, 1.82) is 0 Å². The summed E-state index contributed by atoms with van der Waals surface area (Å²) in [5.74, 6) is 1.60. The fraction of sp³-hybridized carbons (Fsp3) is 0.364. The molecule has 18 heavy (non-hydrogen) atoms. The topological polar surface area (TPSA) is 69.6 Å². The van der Waals surface area contributed by atoms with Gasteiger partial charge in [0.2, 0.25) is 0 Å². The molecule has 0 atom stereocenters. The van der Waals surface area contributed by atoms with E-state index in [9.17, 15) is 0 Å². The predicted molar refractivity (Wildman–Crippen MR) is 72.4 cm³/mol. The summed E-state index contributed by atoms with van der Waals surface area (Å²) in [6.45, 7) is 3.28. The van der Waals surface area contributed by atoms with Crippen LogP contribution in [0.4, 0.5) is 0 Å². The van der Waals surface area contributed by atoms with Gasteiger partial charge in [0.1, 0.15) is 11.0 Å². The highest BCUT2D eigenvalue weighted by Crippen LogP contribution is 2.22. The van der Waals surface area contributed by atoms with Crippen LogP contribution < -0.4 is 5.73 Å². The van der Waals surface area contributed by atoms with Crippen molar-refractivity contribution in [3.05, 3.63) is 34.9 Å². The average molecular weight is 284 g/mol. The van der Waals surface area contributed by atoms with Crippen molar-refractivity contribution < 1.29 is 0 Å². The third kappa shape index (κ3) is 3.01. The van der Waals surface area contributed by atoms with E-state index in [1.807, 2.05) is 16.7 Å². The maximum absolute atomic E-state index is 5.84. The van der Waals surface area contributed by atoms with Gasteiger partial charge in [-0.2, -0.15) is 0 Å². The van der Waals surface area contributed by atoms with Crippen molar-refractivity contribution in [3.63, 3.8) is 0 Å². The van der Waals surface area contributed by atoms with Gasteiger partial charge in [0.25, 0.3) is 0 Å². The molecule has 0 saturated heterocycles. The highest BCUT2D eigenvalue weighted by Gasteiger charge is 2.09. The Balaban J connectivity index is 2.08. The second kappa shape index (κ2) is 6.17. The van der Waals surface area contributed by atoms with Gasteiger partial charge in [-0.05, 0) is 24.6 Å². The molecule has 0 fully saturated rings. The first kappa shape index (κ1) is 13.3. The van der Waals surface area contributed by atoms with Crippen molar-refractivity contribution in [2.24, 2.45) is 5.73 Å². The number of hydrogen-bond donors (Lipinski definition) is 1. The summed E-state index contributed by atoms with van der Waals surface area (Å²) in [7, 11) is 0. The molecule has 2 heterocycles. The molecule has 2 N–H and O–H groups in total. The summed E-state index contributed by atoms with van der Waals surface area (Å²) in [5, 5.41) is 9.59. The minimum atomic E-state index is 0.405. The Bertz CT molecular complexity index is 528. The Labute approximate surface area is 115 Å². The van der Waals surface area contributed by atoms with Crippen LogP contribution in [0, 0.1) is 0 Å². The zero-order valence-electron chi connectivity index (χ0n) is 10.0. The summed E-state index contributed by atoms with van der Waals surface area (Å²) in [4.78, 5) is 3.95. The van der Waals surface area contributed by atoms with Crippen molar-refractivity contribution in [2.45, 2.75) is 30.9 Å². The van der Waals surface area contributed by atoms with E-state index in [1.54, 1.807) is 18.0 Å². The first-order chi connectivity index (χ1) is 8.74. The van der Waals surface area contributed by atoms with Gasteiger partial charge in [0, 0.05) is 18.5 Å². The number of aromatic nitrogens is 4. The lowest BCUT2D eigenvalue weighted by Crippen LogP contribution is -2.08.